The summed E-state index contributed by atoms with van der Waals surface area (Å²) >= 11 is 5.94. The van der Waals surface area contributed by atoms with Crippen LogP contribution in [0, 0.1) is 25.2 Å². The number of hydrogen-bond acceptors (Lipinski definition) is 5. The van der Waals surface area contributed by atoms with Gasteiger partial charge >= 0.3 is 6.03 Å². The van der Waals surface area contributed by atoms with Gasteiger partial charge in [-0.05, 0) is 56.2 Å². The Morgan fingerprint density at radius 2 is 1.94 bits per heavy atom. The monoisotopic (exact) mass is 493 g/mol. The highest BCUT2D eigenvalue weighted by Gasteiger charge is 2.48. The summed E-state index contributed by atoms with van der Waals surface area (Å²) in [5, 5.41) is 15.7. The molecule has 0 saturated carbocycles. The van der Waals surface area contributed by atoms with Crippen molar-refractivity contribution in [2.24, 2.45) is 0 Å². The van der Waals surface area contributed by atoms with E-state index in [1.807, 2.05) is 19.9 Å². The van der Waals surface area contributed by atoms with Crippen molar-refractivity contribution < 1.29 is 18.8 Å². The molecule has 3 aromatic rings. The fourth-order valence-corrected chi connectivity index (χ4v) is 4.30. The molecule has 4 amide bonds. The van der Waals surface area contributed by atoms with E-state index in [2.05, 4.69) is 16.7 Å². The predicted octanol–water partition coefficient (Wildman–Crippen LogP) is 4.07. The van der Waals surface area contributed by atoms with Gasteiger partial charge in [0, 0.05) is 23.7 Å². The summed E-state index contributed by atoms with van der Waals surface area (Å²) < 4.78 is 7.23. The summed E-state index contributed by atoms with van der Waals surface area (Å²) in [6, 6.07) is 11.8. The first kappa shape index (κ1) is 24.1. The fraction of sp³-hybridized carbons (Fsp3) is 0.280. The van der Waals surface area contributed by atoms with E-state index in [1.165, 1.54) is 0 Å². The first-order chi connectivity index (χ1) is 16.7. The minimum absolute atomic E-state index is 0.113. The lowest BCUT2D eigenvalue weighted by molar-refractivity contribution is -0.131. The highest BCUT2D eigenvalue weighted by Crippen LogP contribution is 2.30. The molecule has 4 rings (SSSR count). The van der Waals surface area contributed by atoms with E-state index in [0.717, 1.165) is 16.2 Å². The largest absolute Gasteiger partial charge is 0.467 e. The topological polar surface area (TPSA) is 120 Å². The summed E-state index contributed by atoms with van der Waals surface area (Å²) in [5.74, 6) is 0.139. The molecule has 0 bridgehead atoms. The first-order valence-corrected chi connectivity index (χ1v) is 11.4. The van der Waals surface area contributed by atoms with Gasteiger partial charge in [-0.25, -0.2) is 4.79 Å². The Labute approximate surface area is 207 Å². The summed E-state index contributed by atoms with van der Waals surface area (Å²) in [5.41, 5.74) is 1.27. The summed E-state index contributed by atoms with van der Waals surface area (Å²) in [7, 11) is 0. The van der Waals surface area contributed by atoms with Crippen molar-refractivity contribution in [2.45, 2.75) is 39.3 Å². The van der Waals surface area contributed by atoms with E-state index in [1.54, 1.807) is 48.1 Å². The molecule has 1 aliphatic heterocycles. The van der Waals surface area contributed by atoms with E-state index in [4.69, 9.17) is 16.0 Å². The van der Waals surface area contributed by atoms with E-state index in [9.17, 15) is 19.6 Å². The van der Waals surface area contributed by atoms with E-state index >= 15 is 0 Å². The Morgan fingerprint density at radius 3 is 2.57 bits per heavy atom. The predicted molar refractivity (Wildman–Crippen MR) is 129 cm³/mol. The van der Waals surface area contributed by atoms with Crippen LogP contribution >= 0.6 is 11.6 Å². The lowest BCUT2D eigenvalue weighted by Gasteiger charge is -2.22. The van der Waals surface area contributed by atoms with Crippen molar-refractivity contribution in [2.75, 3.05) is 11.9 Å². The molecule has 1 unspecified atom stereocenters. The zero-order chi connectivity index (χ0) is 25.3. The molecule has 1 atom stereocenters. The maximum atomic E-state index is 13.1. The Balaban J connectivity index is 1.48. The number of aromatic nitrogens is 1. The molecule has 0 spiro atoms. The molecule has 2 N–H and O–H groups in total. The third-order valence-electron chi connectivity index (χ3n) is 6.35. The number of halogens is 1. The van der Waals surface area contributed by atoms with Crippen molar-refractivity contribution in [3.8, 4) is 6.07 Å². The normalized spacial score (nSPS) is 17.4. The fourth-order valence-electron chi connectivity index (χ4n) is 4.17. The minimum Gasteiger partial charge on any atom is -0.467 e. The summed E-state index contributed by atoms with van der Waals surface area (Å²) in [6.45, 7) is 5.51. The molecule has 1 aromatic carbocycles. The van der Waals surface area contributed by atoms with Crippen LogP contribution in [0.4, 0.5) is 10.6 Å². The Morgan fingerprint density at radius 1 is 1.23 bits per heavy atom. The maximum Gasteiger partial charge on any atom is 0.325 e. The highest BCUT2D eigenvalue weighted by atomic mass is 35.5. The van der Waals surface area contributed by atoms with E-state index < -0.39 is 23.4 Å². The van der Waals surface area contributed by atoms with E-state index in [-0.39, 0.29) is 13.0 Å². The van der Waals surface area contributed by atoms with Crippen LogP contribution in [0.25, 0.3) is 0 Å². The van der Waals surface area contributed by atoms with Gasteiger partial charge in [0.1, 0.15) is 23.2 Å². The molecule has 3 heterocycles. The van der Waals surface area contributed by atoms with Crippen molar-refractivity contribution >= 4 is 35.3 Å². The van der Waals surface area contributed by atoms with Crippen molar-refractivity contribution in [3.05, 3.63) is 75.8 Å². The number of amides is 4. The standard InChI is InChI=1S/C25H24ClN5O4/c1-15-16(2)31(14-19-5-4-12-35-19)22(20(15)13-27)28-21(32)10-11-30-23(33)25(3,29-24(30)34)17-6-8-18(26)9-7-17/h4-9,12H,10-11,14H2,1-3H3,(H,28,32)(H,29,34). The zero-order valence-corrected chi connectivity index (χ0v) is 20.3. The van der Waals surface area contributed by atoms with Gasteiger partial charge in [0.25, 0.3) is 5.91 Å². The van der Waals surface area contributed by atoms with Gasteiger partial charge in [-0.1, -0.05) is 23.7 Å². The van der Waals surface area contributed by atoms with Crippen molar-refractivity contribution in [1.82, 2.24) is 14.8 Å². The minimum atomic E-state index is -1.25. The third kappa shape index (κ3) is 4.40. The number of benzene rings is 1. The van der Waals surface area contributed by atoms with Crippen LogP contribution in [0.5, 0.6) is 0 Å². The van der Waals surface area contributed by atoms with Gasteiger partial charge in [-0.3, -0.25) is 14.5 Å². The van der Waals surface area contributed by atoms with Crippen molar-refractivity contribution in [3.63, 3.8) is 0 Å². The second-order valence-corrected chi connectivity index (χ2v) is 8.96. The average Bonchev–Trinajstić information content (AvgIpc) is 3.47. The molecule has 35 heavy (non-hydrogen) atoms. The van der Waals surface area contributed by atoms with Gasteiger partial charge in [0.15, 0.2) is 0 Å². The molecule has 1 fully saturated rings. The molecule has 2 aromatic heterocycles. The molecule has 9 nitrogen and oxygen atoms in total. The number of nitrogens with zero attached hydrogens (tertiary/aromatic N) is 3. The van der Waals surface area contributed by atoms with Crippen LogP contribution in [0.1, 0.15) is 41.5 Å². The highest BCUT2D eigenvalue weighted by molar-refractivity contribution is 6.30. The number of hydrogen-bond donors (Lipinski definition) is 2. The number of anilines is 1. The maximum absolute atomic E-state index is 13.1. The second-order valence-electron chi connectivity index (χ2n) is 8.53. The number of furan rings is 1. The number of nitriles is 1. The van der Waals surface area contributed by atoms with Crippen LogP contribution in [0.2, 0.25) is 5.02 Å². The van der Waals surface area contributed by atoms with Gasteiger partial charge in [0.05, 0.1) is 18.4 Å². The van der Waals surface area contributed by atoms with Crippen LogP contribution < -0.4 is 10.6 Å². The number of carbonyl (C=O) groups is 3. The van der Waals surface area contributed by atoms with Crippen molar-refractivity contribution in [1.29, 1.82) is 5.26 Å². The Hall–Kier alpha value is -4.03. The lowest BCUT2D eigenvalue weighted by Crippen LogP contribution is -2.41. The Kier molecular flexibility index (Phi) is 6.41. The third-order valence-corrected chi connectivity index (χ3v) is 6.60. The molecule has 0 radical (unpaired) electrons. The number of nitrogens with one attached hydrogen (secondary N) is 2. The molecule has 0 aliphatic carbocycles. The number of rotatable bonds is 7. The number of carbonyl (C=O) groups excluding carboxylic acids is 3. The van der Waals surface area contributed by atoms with Crippen LogP contribution in [-0.4, -0.2) is 33.9 Å². The van der Waals surface area contributed by atoms with Crippen LogP contribution in [-0.2, 0) is 21.7 Å². The van der Waals surface area contributed by atoms with Gasteiger partial charge in [-0.2, -0.15) is 5.26 Å². The molecule has 1 aliphatic rings. The quantitative estimate of drug-likeness (QED) is 0.481. The zero-order valence-electron chi connectivity index (χ0n) is 19.5. The number of urea groups is 1. The first-order valence-electron chi connectivity index (χ1n) is 11.0. The lowest BCUT2D eigenvalue weighted by atomic mass is 9.92. The molecular formula is C25H24ClN5O4. The smallest absolute Gasteiger partial charge is 0.325 e. The molecular weight excluding hydrogens is 470 g/mol. The second kappa shape index (κ2) is 9.31. The average molecular weight is 494 g/mol. The molecule has 10 heteroatoms. The summed E-state index contributed by atoms with van der Waals surface area (Å²) in [4.78, 5) is 39.5. The molecule has 180 valence electrons. The van der Waals surface area contributed by atoms with Gasteiger partial charge in [-0.15, -0.1) is 0 Å². The SMILES string of the molecule is Cc1c(C#N)c(NC(=O)CCN2C(=O)NC(C)(c3ccc(Cl)cc3)C2=O)n(Cc2ccco2)c1C. The van der Waals surface area contributed by atoms with Gasteiger partial charge in [0.2, 0.25) is 5.91 Å². The van der Waals surface area contributed by atoms with Gasteiger partial charge < -0.3 is 19.6 Å². The molecule has 1 saturated heterocycles. The Bertz CT molecular complexity index is 1340. The summed E-state index contributed by atoms with van der Waals surface area (Å²) in [6.07, 6.45) is 1.42. The number of imide groups is 1. The van der Waals surface area contributed by atoms with Crippen LogP contribution in [0.3, 0.4) is 0 Å². The van der Waals surface area contributed by atoms with E-state index in [0.29, 0.717) is 34.3 Å². The van der Waals surface area contributed by atoms with Crippen LogP contribution in [0.15, 0.2) is 47.1 Å².